The number of carboxylic acids is 1. The third-order valence-corrected chi connectivity index (χ3v) is 4.71. The molecule has 0 spiro atoms. The van der Waals surface area contributed by atoms with E-state index < -0.39 is 40.4 Å². The predicted octanol–water partition coefficient (Wildman–Crippen LogP) is 3.81. The van der Waals surface area contributed by atoms with Crippen molar-refractivity contribution >= 4 is 11.9 Å². The Morgan fingerprint density at radius 2 is 1.92 bits per heavy atom. The Morgan fingerprint density at radius 1 is 1.29 bits per heavy atom. The van der Waals surface area contributed by atoms with Gasteiger partial charge in [0.2, 0.25) is 5.91 Å². The number of carbonyl (C=O) groups is 2. The molecule has 2 N–H and O–H groups in total. The minimum Gasteiger partial charge on any atom is -0.481 e. The summed E-state index contributed by atoms with van der Waals surface area (Å²) in [5.41, 5.74) is -1.34. The highest BCUT2D eigenvalue weighted by molar-refractivity contribution is 5.85. The maximum Gasteiger partial charge on any atom is 0.310 e. The highest BCUT2D eigenvalue weighted by Gasteiger charge is 2.46. The Kier molecular flexibility index (Phi) is 4.97. The van der Waals surface area contributed by atoms with Gasteiger partial charge in [0.15, 0.2) is 0 Å². The van der Waals surface area contributed by atoms with E-state index >= 15 is 0 Å². The van der Waals surface area contributed by atoms with Crippen LogP contribution in [0.4, 0.5) is 8.78 Å². The van der Waals surface area contributed by atoms with E-state index in [2.05, 4.69) is 5.32 Å². The molecule has 0 radical (unpaired) electrons. The van der Waals surface area contributed by atoms with Crippen LogP contribution in [0.15, 0.2) is 18.2 Å². The van der Waals surface area contributed by atoms with Gasteiger partial charge in [0.1, 0.15) is 11.6 Å². The zero-order valence-corrected chi connectivity index (χ0v) is 14.2. The normalized spacial score (nSPS) is 17.7. The van der Waals surface area contributed by atoms with E-state index in [-0.39, 0.29) is 12.0 Å². The summed E-state index contributed by atoms with van der Waals surface area (Å²) in [5, 5.41) is 12.1. The molecule has 132 valence electrons. The van der Waals surface area contributed by atoms with E-state index in [0.717, 1.165) is 18.6 Å². The van der Waals surface area contributed by atoms with Crippen LogP contribution in [0.3, 0.4) is 0 Å². The molecule has 24 heavy (non-hydrogen) atoms. The van der Waals surface area contributed by atoms with Crippen molar-refractivity contribution < 1.29 is 23.5 Å². The van der Waals surface area contributed by atoms with E-state index in [9.17, 15) is 23.5 Å². The first kappa shape index (κ1) is 18.4. The number of amides is 1. The number of carboxylic acid groups (broad SMARTS) is 1. The lowest BCUT2D eigenvalue weighted by Crippen LogP contribution is -2.45. The van der Waals surface area contributed by atoms with Crippen LogP contribution in [0.2, 0.25) is 0 Å². The van der Waals surface area contributed by atoms with Crippen LogP contribution in [0.25, 0.3) is 0 Å². The lowest BCUT2D eigenvalue weighted by molar-refractivity contribution is -0.157. The number of nitrogens with one attached hydrogen (secondary N) is 1. The van der Waals surface area contributed by atoms with Gasteiger partial charge in [-0.15, -0.1) is 0 Å². The molecule has 1 fully saturated rings. The molecule has 0 aromatic heterocycles. The van der Waals surface area contributed by atoms with Crippen molar-refractivity contribution in [2.24, 2.45) is 10.8 Å². The number of rotatable bonds is 5. The molecule has 1 saturated carbocycles. The van der Waals surface area contributed by atoms with Crippen LogP contribution in [-0.2, 0) is 9.59 Å². The summed E-state index contributed by atoms with van der Waals surface area (Å²) in [7, 11) is 0. The van der Waals surface area contributed by atoms with Crippen LogP contribution in [-0.4, -0.2) is 17.0 Å². The summed E-state index contributed by atoms with van der Waals surface area (Å²) in [5.74, 6) is -2.81. The molecule has 1 atom stereocenters. The SMILES string of the molecule is CC(C)(C)C(NC(=O)CC1(C(=O)O)CCC1)c1ccc(F)cc1F. The largest absolute Gasteiger partial charge is 0.481 e. The van der Waals surface area contributed by atoms with E-state index in [1.54, 1.807) is 0 Å². The number of hydrogen-bond donors (Lipinski definition) is 2. The molecule has 1 amide bonds. The van der Waals surface area contributed by atoms with E-state index in [1.807, 2.05) is 20.8 Å². The van der Waals surface area contributed by atoms with Crippen LogP contribution in [0.1, 0.15) is 58.1 Å². The number of hydrogen-bond acceptors (Lipinski definition) is 2. The van der Waals surface area contributed by atoms with Gasteiger partial charge in [-0.25, -0.2) is 8.78 Å². The second-order valence-electron chi connectivity index (χ2n) is 7.65. The molecule has 1 aliphatic carbocycles. The zero-order valence-electron chi connectivity index (χ0n) is 14.2. The monoisotopic (exact) mass is 339 g/mol. The fourth-order valence-electron chi connectivity index (χ4n) is 3.09. The first-order valence-electron chi connectivity index (χ1n) is 8.03. The average molecular weight is 339 g/mol. The molecule has 1 unspecified atom stereocenters. The summed E-state index contributed by atoms with van der Waals surface area (Å²) in [6.07, 6.45) is 1.61. The van der Waals surface area contributed by atoms with Crippen LogP contribution >= 0.6 is 0 Å². The van der Waals surface area contributed by atoms with E-state index in [0.29, 0.717) is 12.8 Å². The first-order valence-corrected chi connectivity index (χ1v) is 8.03. The maximum atomic E-state index is 14.1. The first-order chi connectivity index (χ1) is 11.0. The van der Waals surface area contributed by atoms with Crippen molar-refractivity contribution in [3.63, 3.8) is 0 Å². The second kappa shape index (κ2) is 6.49. The highest BCUT2D eigenvalue weighted by atomic mass is 19.1. The summed E-state index contributed by atoms with van der Waals surface area (Å²) in [6, 6.07) is 2.56. The maximum absolute atomic E-state index is 14.1. The van der Waals surface area contributed by atoms with Crippen molar-refractivity contribution in [3.05, 3.63) is 35.4 Å². The third kappa shape index (κ3) is 3.74. The minimum atomic E-state index is -1.01. The molecule has 0 saturated heterocycles. The Balaban J connectivity index is 2.21. The zero-order chi connectivity index (χ0) is 18.1. The molecule has 1 aliphatic rings. The van der Waals surface area contributed by atoms with Crippen molar-refractivity contribution in [2.75, 3.05) is 0 Å². The van der Waals surface area contributed by atoms with Crippen molar-refractivity contribution in [1.82, 2.24) is 5.32 Å². The van der Waals surface area contributed by atoms with Gasteiger partial charge in [0.05, 0.1) is 11.5 Å². The van der Waals surface area contributed by atoms with Gasteiger partial charge >= 0.3 is 5.97 Å². The van der Waals surface area contributed by atoms with Gasteiger partial charge in [-0.3, -0.25) is 9.59 Å². The van der Waals surface area contributed by atoms with Gasteiger partial charge in [-0.1, -0.05) is 33.3 Å². The fourth-order valence-corrected chi connectivity index (χ4v) is 3.09. The average Bonchev–Trinajstić information content (AvgIpc) is 2.39. The van der Waals surface area contributed by atoms with E-state index in [1.165, 1.54) is 6.07 Å². The molecule has 1 aromatic carbocycles. The van der Waals surface area contributed by atoms with Crippen molar-refractivity contribution in [1.29, 1.82) is 0 Å². The number of aliphatic carboxylic acids is 1. The van der Waals surface area contributed by atoms with Gasteiger partial charge in [-0.2, -0.15) is 0 Å². The Bertz CT molecular complexity index is 648. The van der Waals surface area contributed by atoms with Crippen LogP contribution in [0.5, 0.6) is 0 Å². The lowest BCUT2D eigenvalue weighted by atomic mass is 9.66. The molecule has 6 heteroatoms. The minimum absolute atomic E-state index is 0.127. The van der Waals surface area contributed by atoms with Crippen LogP contribution in [0, 0.1) is 22.5 Å². The predicted molar refractivity (Wildman–Crippen MR) is 85.2 cm³/mol. The number of halogens is 2. The summed E-state index contributed by atoms with van der Waals surface area (Å²) >= 11 is 0. The smallest absolute Gasteiger partial charge is 0.310 e. The fraction of sp³-hybridized carbons (Fsp3) is 0.556. The van der Waals surface area contributed by atoms with Gasteiger partial charge in [0.25, 0.3) is 0 Å². The Hall–Kier alpha value is -1.98. The van der Waals surface area contributed by atoms with Crippen molar-refractivity contribution in [2.45, 2.75) is 52.5 Å². The molecule has 4 nitrogen and oxygen atoms in total. The highest BCUT2D eigenvalue weighted by Crippen LogP contribution is 2.44. The molecule has 2 rings (SSSR count). The summed E-state index contributed by atoms with van der Waals surface area (Å²) < 4.78 is 27.3. The Morgan fingerprint density at radius 3 is 2.33 bits per heavy atom. The number of benzene rings is 1. The van der Waals surface area contributed by atoms with Crippen LogP contribution < -0.4 is 5.32 Å². The standard InChI is InChI=1S/C18H23F2NO3/c1-17(2,3)15(12-6-5-11(19)9-13(12)20)21-14(22)10-18(16(23)24)7-4-8-18/h5-6,9,15H,4,7-8,10H2,1-3H3,(H,21,22)(H,23,24). The quantitative estimate of drug-likeness (QED) is 0.857. The van der Waals surface area contributed by atoms with Crippen molar-refractivity contribution in [3.8, 4) is 0 Å². The molecule has 1 aromatic rings. The molecule has 0 heterocycles. The van der Waals surface area contributed by atoms with Gasteiger partial charge in [-0.05, 0) is 24.3 Å². The second-order valence-corrected chi connectivity index (χ2v) is 7.65. The third-order valence-electron chi connectivity index (χ3n) is 4.71. The molecule has 0 aliphatic heterocycles. The van der Waals surface area contributed by atoms with Gasteiger partial charge < -0.3 is 10.4 Å². The topological polar surface area (TPSA) is 66.4 Å². The van der Waals surface area contributed by atoms with E-state index in [4.69, 9.17) is 0 Å². The molecular weight excluding hydrogens is 316 g/mol. The molecular formula is C18H23F2NO3. The number of carbonyl (C=O) groups excluding carboxylic acids is 1. The molecule has 0 bridgehead atoms. The summed E-state index contributed by atoms with van der Waals surface area (Å²) in [6.45, 7) is 5.49. The van der Waals surface area contributed by atoms with Gasteiger partial charge in [0, 0.05) is 18.1 Å². The summed E-state index contributed by atoms with van der Waals surface area (Å²) in [4.78, 5) is 23.8. The lowest BCUT2D eigenvalue weighted by Gasteiger charge is -2.38. The Labute approximate surface area is 140 Å².